The van der Waals surface area contributed by atoms with E-state index in [0.717, 1.165) is 19.3 Å². The molecule has 0 aromatic heterocycles. The molecule has 0 radical (unpaired) electrons. The summed E-state index contributed by atoms with van der Waals surface area (Å²) in [6, 6.07) is 0. The van der Waals surface area contributed by atoms with Crippen molar-refractivity contribution < 1.29 is 33.6 Å². The van der Waals surface area contributed by atoms with Crippen LogP contribution in [0, 0.1) is 11.8 Å². The number of carboxylic acid groups (broad SMARTS) is 1. The first-order valence-corrected chi connectivity index (χ1v) is 8.28. The molecule has 0 bridgehead atoms. The third-order valence-corrected chi connectivity index (χ3v) is 3.90. The highest BCUT2D eigenvalue weighted by Gasteiger charge is 2.39. The van der Waals surface area contributed by atoms with Crippen molar-refractivity contribution in [3.63, 3.8) is 0 Å². The van der Waals surface area contributed by atoms with E-state index >= 15 is 0 Å². The summed E-state index contributed by atoms with van der Waals surface area (Å²) in [5, 5.41) is 10.9. The molecular weight excluding hydrogens is 316 g/mol. The van der Waals surface area contributed by atoms with Crippen molar-refractivity contribution >= 4 is 6.16 Å². The quantitative estimate of drug-likeness (QED) is 0.548. The number of carbonyl (C=O) groups excluding carboxylic acids is 1. The van der Waals surface area contributed by atoms with Crippen molar-refractivity contribution in [2.45, 2.75) is 70.2 Å². The lowest BCUT2D eigenvalue weighted by Gasteiger charge is -2.35. The summed E-state index contributed by atoms with van der Waals surface area (Å²) in [6.07, 6.45) is 0.731. The van der Waals surface area contributed by atoms with Gasteiger partial charge in [-0.1, -0.05) is 11.8 Å². The van der Waals surface area contributed by atoms with Crippen LogP contribution in [0.5, 0.6) is 0 Å². The Morgan fingerprint density at radius 3 is 2.67 bits per heavy atom. The molecule has 0 saturated carbocycles. The van der Waals surface area contributed by atoms with E-state index in [1.54, 1.807) is 20.8 Å². The molecular formula is C17H25O7-. The molecule has 2 rings (SSSR count). The lowest BCUT2D eigenvalue weighted by Crippen LogP contribution is -2.43. The van der Waals surface area contributed by atoms with Crippen molar-refractivity contribution in [1.82, 2.24) is 0 Å². The summed E-state index contributed by atoms with van der Waals surface area (Å²) in [7, 11) is 0. The van der Waals surface area contributed by atoms with E-state index in [1.807, 2.05) is 0 Å². The van der Waals surface area contributed by atoms with E-state index in [1.165, 1.54) is 0 Å². The minimum absolute atomic E-state index is 0.133. The van der Waals surface area contributed by atoms with Crippen LogP contribution in [0.15, 0.2) is 0 Å². The second-order valence-corrected chi connectivity index (χ2v) is 6.43. The molecule has 0 aliphatic carbocycles. The zero-order chi connectivity index (χ0) is 17.6. The van der Waals surface area contributed by atoms with E-state index in [9.17, 15) is 9.90 Å². The van der Waals surface area contributed by atoms with Crippen molar-refractivity contribution in [2.75, 3.05) is 19.8 Å². The van der Waals surface area contributed by atoms with E-state index in [4.69, 9.17) is 23.7 Å². The van der Waals surface area contributed by atoms with Crippen LogP contribution in [-0.2, 0) is 23.7 Å². The summed E-state index contributed by atoms with van der Waals surface area (Å²) < 4.78 is 27.1. The van der Waals surface area contributed by atoms with E-state index < -0.39 is 23.6 Å². The number of hydrogen-bond acceptors (Lipinski definition) is 7. The minimum Gasteiger partial charge on any atom is -0.530 e. The molecule has 0 amide bonds. The van der Waals surface area contributed by atoms with Gasteiger partial charge in [-0.05, 0) is 40.0 Å². The van der Waals surface area contributed by atoms with Gasteiger partial charge in [0.05, 0.1) is 13.2 Å². The molecule has 0 spiro atoms. The Hall–Kier alpha value is -1.33. The second kappa shape index (κ2) is 8.17. The van der Waals surface area contributed by atoms with E-state index in [-0.39, 0.29) is 12.7 Å². The van der Waals surface area contributed by atoms with Crippen LogP contribution >= 0.6 is 0 Å². The van der Waals surface area contributed by atoms with Crippen LogP contribution in [0.2, 0.25) is 0 Å². The van der Waals surface area contributed by atoms with Crippen LogP contribution in [0.3, 0.4) is 0 Å². The molecule has 136 valence electrons. The maximum atomic E-state index is 10.9. The van der Waals surface area contributed by atoms with Crippen LogP contribution in [0.4, 0.5) is 4.79 Å². The Balaban J connectivity index is 2.00. The number of hydrogen-bond donors (Lipinski definition) is 0. The van der Waals surface area contributed by atoms with E-state index in [2.05, 4.69) is 11.8 Å². The van der Waals surface area contributed by atoms with Gasteiger partial charge in [-0.15, -0.1) is 0 Å². The monoisotopic (exact) mass is 341 g/mol. The Labute approximate surface area is 142 Å². The summed E-state index contributed by atoms with van der Waals surface area (Å²) in [5.74, 6) is 4.79. The molecule has 3 unspecified atom stereocenters. The van der Waals surface area contributed by atoms with Gasteiger partial charge in [-0.3, -0.25) is 0 Å². The first-order valence-electron chi connectivity index (χ1n) is 8.28. The van der Waals surface area contributed by atoms with Gasteiger partial charge in [-0.25, -0.2) is 0 Å². The molecule has 3 atom stereocenters. The third kappa shape index (κ3) is 5.95. The Morgan fingerprint density at radius 2 is 2.08 bits per heavy atom. The zero-order valence-electron chi connectivity index (χ0n) is 14.5. The molecule has 24 heavy (non-hydrogen) atoms. The fraction of sp³-hybridized carbons (Fsp3) is 0.824. The zero-order valence-corrected chi connectivity index (χ0v) is 14.5. The smallest absolute Gasteiger partial charge is 0.253 e. The van der Waals surface area contributed by atoms with Crippen LogP contribution < -0.4 is 5.11 Å². The Morgan fingerprint density at radius 1 is 1.38 bits per heavy atom. The van der Waals surface area contributed by atoms with Gasteiger partial charge >= 0.3 is 0 Å². The lowest BCUT2D eigenvalue weighted by molar-refractivity contribution is -0.295. The predicted molar refractivity (Wildman–Crippen MR) is 81.7 cm³/mol. The number of carbonyl (C=O) groups is 1. The van der Waals surface area contributed by atoms with Crippen LogP contribution in [0.25, 0.3) is 0 Å². The lowest BCUT2D eigenvalue weighted by atomic mass is 9.96. The molecule has 2 aliphatic heterocycles. The van der Waals surface area contributed by atoms with Gasteiger partial charge in [0, 0.05) is 13.0 Å². The van der Waals surface area contributed by atoms with Gasteiger partial charge in [0.15, 0.2) is 12.1 Å². The normalized spacial score (nSPS) is 26.7. The summed E-state index contributed by atoms with van der Waals surface area (Å²) >= 11 is 0. The molecule has 2 saturated heterocycles. The molecule has 7 heteroatoms. The maximum Gasteiger partial charge on any atom is 0.253 e. The summed E-state index contributed by atoms with van der Waals surface area (Å²) in [6.45, 7) is 6.66. The first-order chi connectivity index (χ1) is 11.3. The third-order valence-electron chi connectivity index (χ3n) is 3.90. The van der Waals surface area contributed by atoms with Gasteiger partial charge in [0.2, 0.25) is 0 Å². The fourth-order valence-electron chi connectivity index (χ4n) is 2.90. The predicted octanol–water partition coefficient (Wildman–Crippen LogP) is 1.19. The highest BCUT2D eigenvalue weighted by Crippen LogP contribution is 2.30. The fourth-order valence-corrected chi connectivity index (χ4v) is 2.90. The van der Waals surface area contributed by atoms with Crippen LogP contribution in [-0.4, -0.2) is 49.8 Å². The molecule has 2 fully saturated rings. The molecule has 0 N–H and O–H groups in total. The van der Waals surface area contributed by atoms with Gasteiger partial charge in [0.25, 0.3) is 6.16 Å². The standard InChI is InChI=1S/C17H26O7/c1-13(23-14-6-4-5-9-20-14)7-8-16(2,24-15(18)19)12-17(3)21-10-11-22-17/h13-14H,4-6,9-12H2,1-3H3,(H,18,19)/p-1. The maximum absolute atomic E-state index is 10.9. The van der Waals surface area contributed by atoms with Crippen LogP contribution in [0.1, 0.15) is 46.5 Å². The van der Waals surface area contributed by atoms with Crippen molar-refractivity contribution in [2.24, 2.45) is 0 Å². The topological polar surface area (TPSA) is 86.3 Å². The van der Waals surface area contributed by atoms with E-state index in [0.29, 0.717) is 19.8 Å². The molecule has 7 nitrogen and oxygen atoms in total. The van der Waals surface area contributed by atoms with Crippen molar-refractivity contribution in [1.29, 1.82) is 0 Å². The van der Waals surface area contributed by atoms with Crippen molar-refractivity contribution in [3.8, 4) is 11.8 Å². The highest BCUT2D eigenvalue weighted by atomic mass is 16.7. The van der Waals surface area contributed by atoms with Crippen molar-refractivity contribution in [3.05, 3.63) is 0 Å². The number of rotatable bonds is 5. The SMILES string of the molecule is CC(C#CC(C)(CC1(C)OCCO1)OC(=O)[O-])OC1CCCCO1. The average Bonchev–Trinajstić information content (AvgIpc) is 2.91. The molecule has 2 heterocycles. The number of ether oxygens (including phenoxy) is 5. The second-order valence-electron chi connectivity index (χ2n) is 6.43. The molecule has 0 aromatic rings. The molecule has 2 aliphatic rings. The Kier molecular flexibility index (Phi) is 6.47. The van der Waals surface area contributed by atoms with Gasteiger partial charge in [-0.2, -0.15) is 0 Å². The first kappa shape index (κ1) is 19.0. The summed E-state index contributed by atoms with van der Waals surface area (Å²) in [5.41, 5.74) is -1.32. The Bertz CT molecular complexity index is 483. The largest absolute Gasteiger partial charge is 0.530 e. The average molecular weight is 341 g/mol. The minimum atomic E-state index is -1.64. The highest BCUT2D eigenvalue weighted by molar-refractivity contribution is 5.55. The van der Waals surface area contributed by atoms with Gasteiger partial charge < -0.3 is 33.6 Å². The van der Waals surface area contributed by atoms with Gasteiger partial charge in [0.1, 0.15) is 11.7 Å². The summed E-state index contributed by atoms with van der Waals surface area (Å²) in [4.78, 5) is 10.9. The molecule has 0 aromatic carbocycles.